The lowest BCUT2D eigenvalue weighted by Crippen LogP contribution is -2.29. The molecule has 1 aliphatic heterocycles. The summed E-state index contributed by atoms with van der Waals surface area (Å²) < 4.78 is 5.62. The zero-order valence-corrected chi connectivity index (χ0v) is 11.2. The van der Waals surface area contributed by atoms with Gasteiger partial charge in [-0.15, -0.1) is 12.4 Å². The van der Waals surface area contributed by atoms with Gasteiger partial charge in [0.05, 0.1) is 0 Å². The van der Waals surface area contributed by atoms with Crippen molar-refractivity contribution in [1.29, 1.82) is 0 Å². The molecule has 2 rings (SSSR count). The number of nitrogens with two attached hydrogens (primary N) is 1. The summed E-state index contributed by atoms with van der Waals surface area (Å²) in [5, 5.41) is 0.734. The van der Waals surface area contributed by atoms with E-state index in [2.05, 4.69) is 4.90 Å². The van der Waals surface area contributed by atoms with Crippen LogP contribution in [0.25, 0.3) is 0 Å². The molecular formula is C12H18Cl2N2O. The summed E-state index contributed by atoms with van der Waals surface area (Å²) >= 11 is 5.79. The van der Waals surface area contributed by atoms with E-state index in [9.17, 15) is 0 Å². The number of nitrogens with zero attached hydrogens (tertiary/aromatic N) is 1. The lowest BCUT2D eigenvalue weighted by Gasteiger charge is -2.15. The van der Waals surface area contributed by atoms with Crippen LogP contribution in [-0.4, -0.2) is 37.2 Å². The summed E-state index contributed by atoms with van der Waals surface area (Å²) in [5.74, 6) is 0.868. The molecule has 1 saturated heterocycles. The summed E-state index contributed by atoms with van der Waals surface area (Å²) in [7, 11) is 0. The molecule has 2 N–H and O–H groups in total. The van der Waals surface area contributed by atoms with Gasteiger partial charge in [0, 0.05) is 24.2 Å². The Bertz CT molecular complexity index is 332. The zero-order chi connectivity index (χ0) is 11.4. The molecule has 1 aromatic rings. The summed E-state index contributed by atoms with van der Waals surface area (Å²) in [6, 6.07) is 7.79. The van der Waals surface area contributed by atoms with E-state index in [1.807, 2.05) is 24.3 Å². The van der Waals surface area contributed by atoms with Gasteiger partial charge in [-0.05, 0) is 37.2 Å². The standard InChI is InChI=1S/C12H17ClN2O.ClH/c13-10-1-3-12(4-2-10)16-8-7-15-6-5-11(14)9-15;/h1-4,11H,5-9,14H2;1H. The van der Waals surface area contributed by atoms with Crippen LogP contribution in [-0.2, 0) is 0 Å². The minimum atomic E-state index is 0. The Morgan fingerprint density at radius 1 is 1.35 bits per heavy atom. The molecule has 5 heteroatoms. The van der Waals surface area contributed by atoms with Crippen molar-refractivity contribution in [3.05, 3.63) is 29.3 Å². The lowest BCUT2D eigenvalue weighted by atomic mass is 10.3. The Hall–Kier alpha value is -0.480. The van der Waals surface area contributed by atoms with Gasteiger partial charge in [-0.2, -0.15) is 0 Å². The van der Waals surface area contributed by atoms with Crippen LogP contribution in [0.2, 0.25) is 5.02 Å². The van der Waals surface area contributed by atoms with Crippen LogP contribution in [0.5, 0.6) is 5.75 Å². The van der Waals surface area contributed by atoms with Crippen molar-refractivity contribution in [2.45, 2.75) is 12.5 Å². The molecule has 0 amide bonds. The van der Waals surface area contributed by atoms with Gasteiger partial charge in [0.1, 0.15) is 12.4 Å². The first-order valence-electron chi connectivity index (χ1n) is 5.60. The molecule has 0 radical (unpaired) electrons. The molecular weight excluding hydrogens is 259 g/mol. The first-order valence-corrected chi connectivity index (χ1v) is 5.98. The van der Waals surface area contributed by atoms with Crippen LogP contribution in [0.4, 0.5) is 0 Å². The van der Waals surface area contributed by atoms with E-state index in [0.717, 1.165) is 36.8 Å². The maximum atomic E-state index is 5.83. The number of halogens is 2. The number of ether oxygens (including phenoxy) is 1. The summed E-state index contributed by atoms with van der Waals surface area (Å²) in [5.41, 5.74) is 5.83. The van der Waals surface area contributed by atoms with Gasteiger partial charge in [-0.1, -0.05) is 11.6 Å². The normalized spacial score (nSPS) is 20.0. The molecule has 1 fully saturated rings. The minimum Gasteiger partial charge on any atom is -0.492 e. The highest BCUT2D eigenvalue weighted by Crippen LogP contribution is 2.15. The largest absolute Gasteiger partial charge is 0.492 e. The third-order valence-corrected chi connectivity index (χ3v) is 3.05. The fraction of sp³-hybridized carbons (Fsp3) is 0.500. The second kappa shape index (κ2) is 7.07. The van der Waals surface area contributed by atoms with E-state index < -0.39 is 0 Å². The highest BCUT2D eigenvalue weighted by Gasteiger charge is 2.18. The molecule has 0 aromatic heterocycles. The van der Waals surface area contributed by atoms with E-state index in [4.69, 9.17) is 22.1 Å². The fourth-order valence-corrected chi connectivity index (χ4v) is 2.02. The summed E-state index contributed by atoms with van der Waals surface area (Å²) in [4.78, 5) is 2.33. The Labute approximate surface area is 113 Å². The van der Waals surface area contributed by atoms with E-state index in [1.165, 1.54) is 0 Å². The maximum Gasteiger partial charge on any atom is 0.119 e. The summed E-state index contributed by atoms with van der Waals surface area (Å²) in [6.07, 6.45) is 1.10. The first-order chi connectivity index (χ1) is 7.74. The van der Waals surface area contributed by atoms with Gasteiger partial charge in [0.15, 0.2) is 0 Å². The minimum absolute atomic E-state index is 0. The highest BCUT2D eigenvalue weighted by molar-refractivity contribution is 6.30. The van der Waals surface area contributed by atoms with Crippen molar-refractivity contribution >= 4 is 24.0 Å². The topological polar surface area (TPSA) is 38.5 Å². The van der Waals surface area contributed by atoms with Gasteiger partial charge in [0.2, 0.25) is 0 Å². The van der Waals surface area contributed by atoms with Crippen molar-refractivity contribution in [3.8, 4) is 5.75 Å². The molecule has 0 aliphatic carbocycles. The Morgan fingerprint density at radius 2 is 2.06 bits per heavy atom. The summed E-state index contributed by atoms with van der Waals surface area (Å²) in [6.45, 7) is 3.72. The molecule has 1 aromatic carbocycles. The van der Waals surface area contributed by atoms with Crippen LogP contribution in [0.1, 0.15) is 6.42 Å². The van der Waals surface area contributed by atoms with Crippen molar-refractivity contribution in [1.82, 2.24) is 4.90 Å². The average molecular weight is 277 g/mol. The third kappa shape index (κ3) is 4.72. The molecule has 0 bridgehead atoms. The molecule has 1 aliphatic rings. The molecule has 3 nitrogen and oxygen atoms in total. The van der Waals surface area contributed by atoms with Gasteiger partial charge in [-0.25, -0.2) is 0 Å². The van der Waals surface area contributed by atoms with Gasteiger partial charge < -0.3 is 10.5 Å². The van der Waals surface area contributed by atoms with Crippen LogP contribution >= 0.6 is 24.0 Å². The second-order valence-electron chi connectivity index (χ2n) is 4.15. The Balaban J connectivity index is 0.00000144. The zero-order valence-electron chi connectivity index (χ0n) is 9.64. The molecule has 0 saturated carbocycles. The Kier molecular flexibility index (Phi) is 6.06. The molecule has 1 atom stereocenters. The number of hydrogen-bond acceptors (Lipinski definition) is 3. The molecule has 17 heavy (non-hydrogen) atoms. The van der Waals surface area contributed by atoms with Crippen molar-refractivity contribution < 1.29 is 4.74 Å². The average Bonchev–Trinajstić information content (AvgIpc) is 2.67. The second-order valence-corrected chi connectivity index (χ2v) is 4.59. The SMILES string of the molecule is Cl.NC1CCN(CCOc2ccc(Cl)cc2)C1. The first kappa shape index (κ1) is 14.6. The molecule has 96 valence electrons. The predicted octanol–water partition coefficient (Wildman–Crippen LogP) is 2.17. The smallest absolute Gasteiger partial charge is 0.119 e. The number of likely N-dealkylation sites (tertiary alicyclic amines) is 1. The van der Waals surface area contributed by atoms with E-state index in [1.54, 1.807) is 0 Å². The molecule has 1 heterocycles. The van der Waals surface area contributed by atoms with Gasteiger partial charge >= 0.3 is 0 Å². The molecule has 1 unspecified atom stereocenters. The van der Waals surface area contributed by atoms with Crippen LogP contribution in [0.3, 0.4) is 0 Å². The number of hydrogen-bond donors (Lipinski definition) is 1. The van der Waals surface area contributed by atoms with Crippen molar-refractivity contribution in [3.63, 3.8) is 0 Å². The van der Waals surface area contributed by atoms with Crippen molar-refractivity contribution in [2.24, 2.45) is 5.73 Å². The monoisotopic (exact) mass is 276 g/mol. The van der Waals surface area contributed by atoms with E-state index in [0.29, 0.717) is 12.6 Å². The predicted molar refractivity (Wildman–Crippen MR) is 73.2 cm³/mol. The van der Waals surface area contributed by atoms with Crippen LogP contribution in [0.15, 0.2) is 24.3 Å². The van der Waals surface area contributed by atoms with E-state index >= 15 is 0 Å². The van der Waals surface area contributed by atoms with Crippen molar-refractivity contribution in [2.75, 3.05) is 26.2 Å². The third-order valence-electron chi connectivity index (χ3n) is 2.80. The highest BCUT2D eigenvalue weighted by atomic mass is 35.5. The molecule has 0 spiro atoms. The maximum absolute atomic E-state index is 5.83. The number of rotatable bonds is 4. The quantitative estimate of drug-likeness (QED) is 0.916. The lowest BCUT2D eigenvalue weighted by molar-refractivity contribution is 0.236. The Morgan fingerprint density at radius 3 is 2.65 bits per heavy atom. The van der Waals surface area contributed by atoms with Gasteiger partial charge in [-0.3, -0.25) is 4.90 Å². The van der Waals surface area contributed by atoms with Crippen LogP contribution < -0.4 is 10.5 Å². The number of benzene rings is 1. The van der Waals surface area contributed by atoms with Crippen LogP contribution in [0, 0.1) is 0 Å². The van der Waals surface area contributed by atoms with Gasteiger partial charge in [0.25, 0.3) is 0 Å². The fourth-order valence-electron chi connectivity index (χ4n) is 1.89. The van der Waals surface area contributed by atoms with E-state index in [-0.39, 0.29) is 12.4 Å².